The van der Waals surface area contributed by atoms with Crippen molar-refractivity contribution in [3.8, 4) is 0 Å². The molecular weight excluding hydrogens is 355 g/mol. The second-order valence-corrected chi connectivity index (χ2v) is 6.76. The highest BCUT2D eigenvalue weighted by atomic mass is 19.1. The Balaban J connectivity index is 1.40. The van der Waals surface area contributed by atoms with Crippen molar-refractivity contribution in [2.24, 2.45) is 0 Å². The zero-order valence-electron chi connectivity index (χ0n) is 15.8. The highest BCUT2D eigenvalue weighted by Gasteiger charge is 2.19. The van der Waals surface area contributed by atoms with Crippen molar-refractivity contribution in [3.05, 3.63) is 66.1 Å². The Morgan fingerprint density at radius 1 is 0.929 bits per heavy atom. The van der Waals surface area contributed by atoms with Gasteiger partial charge in [-0.3, -0.25) is 0 Å². The van der Waals surface area contributed by atoms with Gasteiger partial charge in [-0.2, -0.15) is 10.1 Å². The van der Waals surface area contributed by atoms with Crippen LogP contribution in [0, 0.1) is 5.82 Å². The van der Waals surface area contributed by atoms with Crippen molar-refractivity contribution < 1.29 is 4.39 Å². The molecule has 3 aromatic rings. The molecule has 0 bridgehead atoms. The maximum Gasteiger partial charge on any atom is 0.249 e. The molecule has 0 atom stereocenters. The molecule has 1 saturated heterocycles. The Bertz CT molecular complexity index is 905. The lowest BCUT2D eigenvalue weighted by Gasteiger charge is -2.36. The molecule has 1 aromatic heterocycles. The second kappa shape index (κ2) is 8.21. The van der Waals surface area contributed by atoms with Crippen LogP contribution < -0.4 is 15.1 Å². The number of aromatic nitrogens is 3. The van der Waals surface area contributed by atoms with Crippen LogP contribution in [0.3, 0.4) is 0 Å². The van der Waals surface area contributed by atoms with Crippen molar-refractivity contribution in [2.45, 2.75) is 13.3 Å². The van der Waals surface area contributed by atoms with Crippen molar-refractivity contribution >= 4 is 23.1 Å². The fourth-order valence-electron chi connectivity index (χ4n) is 3.30. The van der Waals surface area contributed by atoms with E-state index >= 15 is 0 Å². The first-order valence-corrected chi connectivity index (χ1v) is 9.52. The molecule has 7 heteroatoms. The van der Waals surface area contributed by atoms with E-state index in [-0.39, 0.29) is 5.82 Å². The first-order chi connectivity index (χ1) is 13.7. The summed E-state index contributed by atoms with van der Waals surface area (Å²) in [4.78, 5) is 9.06. The summed E-state index contributed by atoms with van der Waals surface area (Å²) in [6.07, 6.45) is 2.70. The summed E-state index contributed by atoms with van der Waals surface area (Å²) in [5, 5.41) is 11.4. The molecule has 0 aliphatic carbocycles. The van der Waals surface area contributed by atoms with E-state index in [1.807, 2.05) is 24.3 Å². The molecule has 6 nitrogen and oxygen atoms in total. The lowest BCUT2D eigenvalue weighted by atomic mass is 10.1. The highest BCUT2D eigenvalue weighted by Crippen LogP contribution is 2.20. The Hall–Kier alpha value is -3.22. The summed E-state index contributed by atoms with van der Waals surface area (Å²) in [7, 11) is 0. The quantitative estimate of drug-likeness (QED) is 0.732. The molecule has 1 N–H and O–H groups in total. The maximum absolute atomic E-state index is 13.1. The number of halogens is 1. The van der Waals surface area contributed by atoms with Gasteiger partial charge < -0.3 is 15.1 Å². The first-order valence-electron chi connectivity index (χ1n) is 9.52. The smallest absolute Gasteiger partial charge is 0.249 e. The molecule has 0 unspecified atom stereocenters. The number of piperazine rings is 1. The largest absolute Gasteiger partial charge is 0.368 e. The summed E-state index contributed by atoms with van der Waals surface area (Å²) >= 11 is 0. The van der Waals surface area contributed by atoms with Gasteiger partial charge in [-0.1, -0.05) is 19.1 Å². The van der Waals surface area contributed by atoms with Crippen LogP contribution in [-0.4, -0.2) is 41.4 Å². The van der Waals surface area contributed by atoms with E-state index in [1.165, 1.54) is 17.7 Å². The number of rotatable bonds is 5. The molecule has 0 saturated carbocycles. The molecule has 0 spiro atoms. The van der Waals surface area contributed by atoms with Crippen LogP contribution in [0.15, 0.2) is 54.7 Å². The topological polar surface area (TPSA) is 57.2 Å². The number of nitrogens with zero attached hydrogens (tertiary/aromatic N) is 5. The van der Waals surface area contributed by atoms with Crippen molar-refractivity contribution in [2.75, 3.05) is 41.3 Å². The zero-order chi connectivity index (χ0) is 19.3. The van der Waals surface area contributed by atoms with Gasteiger partial charge in [0, 0.05) is 37.6 Å². The predicted octanol–water partition coefficient (Wildman–Crippen LogP) is 3.64. The summed E-state index contributed by atoms with van der Waals surface area (Å²) in [5.41, 5.74) is 3.27. The third-order valence-electron chi connectivity index (χ3n) is 4.96. The van der Waals surface area contributed by atoms with E-state index in [0.717, 1.165) is 49.8 Å². The molecule has 2 aromatic carbocycles. The van der Waals surface area contributed by atoms with E-state index < -0.39 is 0 Å². The standard InChI is InChI=1S/C21H23FN6/c1-2-16-3-7-18(8-4-16)24-21-25-20(15-23-26-21)28-13-11-27(12-14-28)19-9-5-17(22)6-10-19/h3-10,15H,2,11-14H2,1H3,(H,24,25,26). The predicted molar refractivity (Wildman–Crippen MR) is 110 cm³/mol. The van der Waals surface area contributed by atoms with Crippen LogP contribution >= 0.6 is 0 Å². The van der Waals surface area contributed by atoms with Crippen molar-refractivity contribution in [1.29, 1.82) is 0 Å². The number of anilines is 4. The number of hydrogen-bond acceptors (Lipinski definition) is 6. The van der Waals surface area contributed by atoms with E-state index in [2.05, 4.69) is 49.4 Å². The Morgan fingerprint density at radius 2 is 1.61 bits per heavy atom. The number of nitrogens with one attached hydrogen (secondary N) is 1. The van der Waals surface area contributed by atoms with Gasteiger partial charge >= 0.3 is 0 Å². The minimum atomic E-state index is -0.209. The molecule has 28 heavy (non-hydrogen) atoms. The highest BCUT2D eigenvalue weighted by molar-refractivity contribution is 5.55. The lowest BCUT2D eigenvalue weighted by molar-refractivity contribution is 0.624. The van der Waals surface area contributed by atoms with Crippen LogP contribution in [-0.2, 0) is 6.42 Å². The average molecular weight is 378 g/mol. The third-order valence-corrected chi connectivity index (χ3v) is 4.96. The minimum absolute atomic E-state index is 0.209. The van der Waals surface area contributed by atoms with Crippen molar-refractivity contribution in [3.63, 3.8) is 0 Å². The SMILES string of the molecule is CCc1ccc(Nc2nncc(N3CCN(c4ccc(F)cc4)CC3)n2)cc1. The number of hydrogen-bond donors (Lipinski definition) is 1. The Labute approximate surface area is 164 Å². The monoisotopic (exact) mass is 378 g/mol. The van der Waals surface area contributed by atoms with Gasteiger partial charge in [0.15, 0.2) is 5.82 Å². The summed E-state index contributed by atoms with van der Waals surface area (Å²) in [6.45, 7) is 5.46. The maximum atomic E-state index is 13.1. The van der Waals surface area contributed by atoms with Crippen molar-refractivity contribution in [1.82, 2.24) is 15.2 Å². The lowest BCUT2D eigenvalue weighted by Crippen LogP contribution is -2.46. The molecule has 2 heterocycles. The fraction of sp³-hybridized carbons (Fsp3) is 0.286. The molecule has 1 fully saturated rings. The van der Waals surface area contributed by atoms with Gasteiger partial charge in [0.2, 0.25) is 5.95 Å². The van der Waals surface area contributed by atoms with Gasteiger partial charge in [-0.15, -0.1) is 5.10 Å². The van der Waals surface area contributed by atoms with Gasteiger partial charge in [0.1, 0.15) is 5.82 Å². The number of benzene rings is 2. The molecule has 144 valence electrons. The van der Waals surface area contributed by atoms with Crippen LogP contribution in [0.5, 0.6) is 0 Å². The Kier molecular flexibility index (Phi) is 5.32. The average Bonchev–Trinajstić information content (AvgIpc) is 2.75. The molecule has 4 rings (SSSR count). The third kappa shape index (κ3) is 4.19. The Morgan fingerprint density at radius 3 is 2.29 bits per heavy atom. The minimum Gasteiger partial charge on any atom is -0.368 e. The molecule has 0 amide bonds. The van der Waals surface area contributed by atoms with Crippen LogP contribution in [0.4, 0.5) is 27.5 Å². The molecular formula is C21H23FN6. The van der Waals surface area contributed by atoms with Gasteiger partial charge in [-0.25, -0.2) is 4.39 Å². The van der Waals surface area contributed by atoms with Crippen LogP contribution in [0.2, 0.25) is 0 Å². The van der Waals surface area contributed by atoms with E-state index in [1.54, 1.807) is 6.20 Å². The molecule has 1 aliphatic heterocycles. The zero-order valence-corrected chi connectivity index (χ0v) is 15.8. The van der Waals surface area contributed by atoms with E-state index in [4.69, 9.17) is 0 Å². The van der Waals surface area contributed by atoms with E-state index in [0.29, 0.717) is 5.95 Å². The normalized spacial score (nSPS) is 14.2. The second-order valence-electron chi connectivity index (χ2n) is 6.76. The summed E-state index contributed by atoms with van der Waals surface area (Å²) in [5.74, 6) is 1.09. The molecule has 0 radical (unpaired) electrons. The van der Waals surface area contributed by atoms with Gasteiger partial charge in [0.05, 0.1) is 6.20 Å². The first kappa shape index (κ1) is 18.2. The van der Waals surface area contributed by atoms with Gasteiger partial charge in [-0.05, 0) is 48.4 Å². The van der Waals surface area contributed by atoms with Gasteiger partial charge in [0.25, 0.3) is 0 Å². The summed E-state index contributed by atoms with van der Waals surface area (Å²) in [6, 6.07) is 14.9. The summed E-state index contributed by atoms with van der Waals surface area (Å²) < 4.78 is 13.1. The van der Waals surface area contributed by atoms with E-state index in [9.17, 15) is 4.39 Å². The fourth-order valence-corrected chi connectivity index (χ4v) is 3.30. The molecule has 1 aliphatic rings. The van der Waals surface area contributed by atoms with Crippen LogP contribution in [0.1, 0.15) is 12.5 Å². The number of aryl methyl sites for hydroxylation is 1. The van der Waals surface area contributed by atoms with Crippen LogP contribution in [0.25, 0.3) is 0 Å².